The summed E-state index contributed by atoms with van der Waals surface area (Å²) < 4.78 is 24.3. The van der Waals surface area contributed by atoms with Gasteiger partial charge >= 0.3 is 0 Å². The lowest BCUT2D eigenvalue weighted by atomic mass is 10.0. The largest absolute Gasteiger partial charge is 0.504 e. The zero-order valence-corrected chi connectivity index (χ0v) is 42.4. The van der Waals surface area contributed by atoms with E-state index in [-0.39, 0.29) is 30.4 Å². The number of halogens is 1. The number of hydrogen-bond donors (Lipinski definition) is 4. The van der Waals surface area contributed by atoms with Crippen molar-refractivity contribution in [2.24, 2.45) is 0 Å². The second-order valence-electron chi connectivity index (χ2n) is 17.7. The van der Waals surface area contributed by atoms with Gasteiger partial charge in [-0.3, -0.25) is 0 Å². The Morgan fingerprint density at radius 3 is 0.881 bits per heavy atom. The number of likely N-dealkylation sites (N-methyl/N-ethyl adjacent to an activating group) is 4. The smallest absolute Gasteiger partial charge is 0.161 e. The number of nitrogens with zero attached hydrogens (tertiary/aromatic N) is 5. The first kappa shape index (κ1) is 60.4. The van der Waals surface area contributed by atoms with Crippen molar-refractivity contribution in [1.82, 2.24) is 24.5 Å². The van der Waals surface area contributed by atoms with E-state index in [0.29, 0.717) is 26.4 Å². The number of rotatable bonds is 28. The van der Waals surface area contributed by atoms with Crippen LogP contribution in [0.2, 0.25) is 0 Å². The standard InChI is InChI=1S/C32H54N4O4.C16H18O4.C4H10ClN.CH4/c1-33(2)17-21-37-29-15-13-27(25-31(29)39-23-19-35(5)6)11-9-10-12-28-14-16-30(38-22-18-34(3)4)32(26-28)40-24-20-36(7)8;17-13-7-5-11(9-15(13)19)3-1-2-4-12-6-8-14(18)16(20)10-12;1-6(2)4-3-5;/h13-16,25-26H,9-12,17-24H2,1-8H3;5-10,17-20H,1-4H2;3-4H2,1-2H3;1H4. The molecule has 0 aliphatic heterocycles. The summed E-state index contributed by atoms with van der Waals surface area (Å²) in [4.78, 5) is 10.5. The maximum absolute atomic E-state index is 9.39. The minimum Gasteiger partial charge on any atom is -0.504 e. The van der Waals surface area contributed by atoms with E-state index in [2.05, 4.69) is 112 Å². The average molecular weight is 957 g/mol. The quantitative estimate of drug-likeness (QED) is 0.0247. The van der Waals surface area contributed by atoms with Gasteiger partial charge in [0.2, 0.25) is 0 Å². The van der Waals surface area contributed by atoms with Crippen molar-refractivity contribution in [2.75, 3.05) is 136 Å². The highest BCUT2D eigenvalue weighted by Crippen LogP contribution is 2.32. The molecule has 0 fully saturated rings. The predicted molar refractivity (Wildman–Crippen MR) is 278 cm³/mol. The molecule has 4 aromatic rings. The summed E-state index contributed by atoms with van der Waals surface area (Å²) in [6.45, 7) is 6.97. The summed E-state index contributed by atoms with van der Waals surface area (Å²) in [5, 5.41) is 37.2. The van der Waals surface area contributed by atoms with Gasteiger partial charge in [-0.2, -0.15) is 0 Å². The van der Waals surface area contributed by atoms with E-state index in [9.17, 15) is 20.4 Å². The van der Waals surface area contributed by atoms with Crippen LogP contribution >= 0.6 is 11.6 Å². The third-order valence-corrected chi connectivity index (χ3v) is 10.3. The molecule has 0 aliphatic rings. The molecule has 4 aromatic carbocycles. The summed E-state index contributed by atoms with van der Waals surface area (Å²) >= 11 is 5.35. The van der Waals surface area contributed by atoms with Crippen LogP contribution in [0.1, 0.15) is 55.4 Å². The molecule has 0 bridgehead atoms. The van der Waals surface area contributed by atoms with Gasteiger partial charge in [0.05, 0.1) is 0 Å². The molecule has 0 heterocycles. The van der Waals surface area contributed by atoms with Crippen LogP contribution in [0.4, 0.5) is 0 Å². The molecule has 67 heavy (non-hydrogen) atoms. The lowest BCUT2D eigenvalue weighted by molar-refractivity contribution is 0.227. The van der Waals surface area contributed by atoms with Gasteiger partial charge in [-0.1, -0.05) is 31.7 Å². The highest BCUT2D eigenvalue weighted by molar-refractivity contribution is 6.18. The Kier molecular flexibility index (Phi) is 31.2. The van der Waals surface area contributed by atoms with E-state index in [1.165, 1.54) is 23.3 Å². The molecule has 0 saturated carbocycles. The van der Waals surface area contributed by atoms with Gasteiger partial charge in [0.25, 0.3) is 0 Å². The van der Waals surface area contributed by atoms with Gasteiger partial charge in [-0.05, 0) is 193 Å². The fourth-order valence-electron chi connectivity index (χ4n) is 6.17. The van der Waals surface area contributed by atoms with E-state index in [1.54, 1.807) is 24.3 Å². The summed E-state index contributed by atoms with van der Waals surface area (Å²) in [5.74, 6) is 3.65. The summed E-state index contributed by atoms with van der Waals surface area (Å²) in [6, 6.07) is 22.5. The van der Waals surface area contributed by atoms with Crippen molar-refractivity contribution >= 4 is 11.6 Å². The minimum atomic E-state index is -0.103. The first-order valence-electron chi connectivity index (χ1n) is 23.1. The van der Waals surface area contributed by atoms with Crippen molar-refractivity contribution in [3.8, 4) is 46.0 Å². The van der Waals surface area contributed by atoms with Gasteiger partial charge in [0.1, 0.15) is 26.4 Å². The van der Waals surface area contributed by atoms with Crippen molar-refractivity contribution in [1.29, 1.82) is 0 Å². The van der Waals surface area contributed by atoms with Crippen LogP contribution in [-0.4, -0.2) is 180 Å². The normalized spacial score (nSPS) is 11.0. The highest BCUT2D eigenvalue weighted by Gasteiger charge is 2.11. The first-order chi connectivity index (χ1) is 31.5. The molecule has 0 atom stereocenters. The van der Waals surface area contributed by atoms with Crippen LogP contribution in [0.25, 0.3) is 0 Å². The SMILES string of the molecule is C.CN(C)CCCl.CN(C)CCOc1ccc(CCCCc2ccc(OCCN(C)C)c(OCCN(C)C)c2)cc1OCCN(C)C.Oc1ccc(CCCCc2ccc(O)c(O)c2)cc1O. The Balaban J connectivity index is 0.000000686. The van der Waals surface area contributed by atoms with Gasteiger partial charge < -0.3 is 63.9 Å². The van der Waals surface area contributed by atoms with Crippen LogP contribution in [0.5, 0.6) is 46.0 Å². The average Bonchev–Trinajstić information content (AvgIpc) is 3.25. The first-order valence-corrected chi connectivity index (χ1v) is 23.6. The third kappa shape index (κ3) is 27.7. The Morgan fingerprint density at radius 1 is 0.358 bits per heavy atom. The zero-order chi connectivity index (χ0) is 48.9. The van der Waals surface area contributed by atoms with Crippen LogP contribution in [-0.2, 0) is 25.7 Å². The summed E-state index contributed by atoms with van der Waals surface area (Å²) in [5.41, 5.74) is 4.51. The molecular weight excluding hydrogens is 870 g/mol. The van der Waals surface area contributed by atoms with Gasteiger partial charge in [-0.15, -0.1) is 11.6 Å². The van der Waals surface area contributed by atoms with Crippen molar-refractivity contribution in [3.63, 3.8) is 0 Å². The number of alkyl halides is 1. The second-order valence-corrected chi connectivity index (χ2v) is 18.1. The Labute approximate surface area is 409 Å². The van der Waals surface area contributed by atoms with Crippen LogP contribution < -0.4 is 18.9 Å². The molecule has 0 aromatic heterocycles. The summed E-state index contributed by atoms with van der Waals surface area (Å²) in [7, 11) is 20.4. The lowest BCUT2D eigenvalue weighted by Gasteiger charge is -2.17. The van der Waals surface area contributed by atoms with Crippen molar-refractivity contribution in [2.45, 2.75) is 58.8 Å². The zero-order valence-electron chi connectivity index (χ0n) is 41.7. The number of hydrogen-bond acceptors (Lipinski definition) is 13. The lowest BCUT2D eigenvalue weighted by Crippen LogP contribution is -2.21. The van der Waals surface area contributed by atoms with Gasteiger partial charge in [-0.25, -0.2) is 0 Å². The molecule has 0 unspecified atom stereocenters. The third-order valence-electron chi connectivity index (χ3n) is 10.2. The van der Waals surface area contributed by atoms with E-state index < -0.39 is 0 Å². The highest BCUT2D eigenvalue weighted by atomic mass is 35.5. The fraction of sp³-hybridized carbons (Fsp3) is 0.547. The molecule has 4 N–H and O–H groups in total. The molecule has 14 heteroatoms. The second kappa shape index (κ2) is 34.6. The van der Waals surface area contributed by atoms with Crippen LogP contribution in [0.3, 0.4) is 0 Å². The van der Waals surface area contributed by atoms with Crippen LogP contribution in [0, 0.1) is 0 Å². The molecule has 0 amide bonds. The molecule has 0 radical (unpaired) electrons. The fourth-order valence-corrected chi connectivity index (χ4v) is 6.51. The predicted octanol–water partition coefficient (Wildman–Crippen LogP) is 8.51. The molecule has 378 valence electrons. The number of phenolic OH excluding ortho intramolecular Hbond substituents is 4. The number of ether oxygens (including phenoxy) is 4. The van der Waals surface area contributed by atoms with Gasteiger partial charge in [0, 0.05) is 38.6 Å². The molecule has 13 nitrogen and oxygen atoms in total. The molecular formula is C53H86ClN5O8. The van der Waals surface area contributed by atoms with E-state index in [4.69, 9.17) is 30.5 Å². The number of aromatic hydroxyl groups is 4. The number of unbranched alkanes of at least 4 members (excludes halogenated alkanes) is 2. The van der Waals surface area contributed by atoms with Gasteiger partial charge in [0.15, 0.2) is 46.0 Å². The summed E-state index contributed by atoms with van der Waals surface area (Å²) in [6.07, 6.45) is 7.69. The molecule has 0 aliphatic carbocycles. The maximum atomic E-state index is 9.39. The van der Waals surface area contributed by atoms with Crippen LogP contribution in [0.15, 0.2) is 72.8 Å². The minimum absolute atomic E-state index is 0. The number of benzene rings is 4. The van der Waals surface area contributed by atoms with E-state index in [1.807, 2.05) is 19.0 Å². The Bertz CT molecular complexity index is 1780. The molecule has 0 saturated heterocycles. The Morgan fingerprint density at radius 2 is 0.627 bits per heavy atom. The monoisotopic (exact) mass is 956 g/mol. The number of aryl methyl sites for hydroxylation is 4. The van der Waals surface area contributed by atoms with E-state index in [0.717, 1.165) is 124 Å². The number of phenols is 4. The Hall–Kier alpha value is -4.63. The van der Waals surface area contributed by atoms with E-state index >= 15 is 0 Å². The molecule has 0 spiro atoms. The van der Waals surface area contributed by atoms with Crippen molar-refractivity contribution in [3.05, 3.63) is 95.1 Å². The molecule has 4 rings (SSSR count). The van der Waals surface area contributed by atoms with Crippen molar-refractivity contribution < 1.29 is 39.4 Å². The topological polar surface area (TPSA) is 134 Å². The maximum Gasteiger partial charge on any atom is 0.161 e.